The SMILES string of the molecule is Cc1nn(-c2ccccc2)c(C)c1/C=N\NC(=O)Cc1ccc([N+](=O)[O-])cc1. The molecule has 0 bridgehead atoms. The van der Waals surface area contributed by atoms with Gasteiger partial charge in [-0.1, -0.05) is 30.3 Å². The van der Waals surface area contributed by atoms with Crippen molar-refractivity contribution in [3.8, 4) is 5.69 Å². The van der Waals surface area contributed by atoms with Gasteiger partial charge in [0.1, 0.15) is 0 Å². The van der Waals surface area contributed by atoms with E-state index in [1.54, 1.807) is 18.3 Å². The summed E-state index contributed by atoms with van der Waals surface area (Å²) in [5, 5.41) is 19.2. The van der Waals surface area contributed by atoms with Crippen molar-refractivity contribution in [1.82, 2.24) is 15.2 Å². The number of carbonyl (C=O) groups is 1. The normalized spacial score (nSPS) is 10.9. The van der Waals surface area contributed by atoms with E-state index < -0.39 is 4.92 Å². The highest BCUT2D eigenvalue weighted by molar-refractivity contribution is 5.85. The molecule has 1 heterocycles. The van der Waals surface area contributed by atoms with Crippen molar-refractivity contribution in [1.29, 1.82) is 0 Å². The van der Waals surface area contributed by atoms with Gasteiger partial charge in [-0.3, -0.25) is 14.9 Å². The maximum absolute atomic E-state index is 12.0. The van der Waals surface area contributed by atoms with Gasteiger partial charge in [-0.05, 0) is 31.5 Å². The summed E-state index contributed by atoms with van der Waals surface area (Å²) < 4.78 is 1.83. The molecule has 1 aromatic heterocycles. The third kappa shape index (κ3) is 4.29. The molecule has 0 saturated carbocycles. The van der Waals surface area contributed by atoms with Crippen LogP contribution >= 0.6 is 0 Å². The van der Waals surface area contributed by atoms with Crippen LogP contribution in [0, 0.1) is 24.0 Å². The number of nitrogens with zero attached hydrogens (tertiary/aromatic N) is 4. The minimum atomic E-state index is -0.478. The molecule has 8 heteroatoms. The topological polar surface area (TPSA) is 102 Å². The first kappa shape index (κ1) is 19.0. The molecule has 0 aliphatic carbocycles. The average Bonchev–Trinajstić information content (AvgIpc) is 2.97. The lowest BCUT2D eigenvalue weighted by Gasteiger charge is -2.03. The van der Waals surface area contributed by atoms with Crippen LogP contribution in [0.5, 0.6) is 0 Å². The van der Waals surface area contributed by atoms with E-state index in [0.29, 0.717) is 5.56 Å². The van der Waals surface area contributed by atoms with Crippen molar-refractivity contribution in [3.63, 3.8) is 0 Å². The van der Waals surface area contributed by atoms with Gasteiger partial charge < -0.3 is 0 Å². The number of amides is 1. The van der Waals surface area contributed by atoms with Crippen LogP contribution in [0.3, 0.4) is 0 Å². The number of nitro groups is 1. The summed E-state index contributed by atoms with van der Waals surface area (Å²) in [4.78, 5) is 22.2. The Labute approximate surface area is 161 Å². The first-order chi connectivity index (χ1) is 13.5. The van der Waals surface area contributed by atoms with Gasteiger partial charge in [0.15, 0.2) is 0 Å². The summed E-state index contributed by atoms with van der Waals surface area (Å²) in [6.45, 7) is 3.82. The fraction of sp³-hybridized carbons (Fsp3) is 0.150. The van der Waals surface area contributed by atoms with Crippen LogP contribution in [0.4, 0.5) is 5.69 Å². The van der Waals surface area contributed by atoms with Crippen molar-refractivity contribution in [3.05, 3.63) is 87.2 Å². The van der Waals surface area contributed by atoms with E-state index >= 15 is 0 Å². The zero-order valence-corrected chi connectivity index (χ0v) is 15.5. The van der Waals surface area contributed by atoms with Crippen molar-refractivity contribution < 1.29 is 9.72 Å². The van der Waals surface area contributed by atoms with Crippen LogP contribution in [-0.2, 0) is 11.2 Å². The minimum Gasteiger partial charge on any atom is -0.273 e. The minimum absolute atomic E-state index is 0.0106. The van der Waals surface area contributed by atoms with Gasteiger partial charge in [0.05, 0.1) is 34.6 Å². The molecule has 1 amide bonds. The third-order valence-electron chi connectivity index (χ3n) is 4.24. The summed E-state index contributed by atoms with van der Waals surface area (Å²) >= 11 is 0. The van der Waals surface area contributed by atoms with Gasteiger partial charge in [0.25, 0.3) is 5.69 Å². The molecule has 8 nitrogen and oxygen atoms in total. The number of hydrazone groups is 1. The van der Waals surface area contributed by atoms with Crippen molar-refractivity contribution >= 4 is 17.8 Å². The van der Waals surface area contributed by atoms with Gasteiger partial charge in [0, 0.05) is 17.7 Å². The monoisotopic (exact) mass is 377 g/mol. The molecule has 0 aliphatic rings. The van der Waals surface area contributed by atoms with E-state index in [4.69, 9.17) is 0 Å². The van der Waals surface area contributed by atoms with Crippen LogP contribution in [0.1, 0.15) is 22.5 Å². The number of carbonyl (C=O) groups excluding carboxylic acids is 1. The number of hydrogen-bond acceptors (Lipinski definition) is 5. The molecule has 0 atom stereocenters. The molecule has 0 saturated heterocycles. The molecule has 0 aliphatic heterocycles. The Hall–Kier alpha value is -3.81. The lowest BCUT2D eigenvalue weighted by Crippen LogP contribution is -2.19. The van der Waals surface area contributed by atoms with Gasteiger partial charge in [-0.25, -0.2) is 10.1 Å². The zero-order valence-electron chi connectivity index (χ0n) is 15.5. The Morgan fingerprint density at radius 1 is 1.18 bits per heavy atom. The molecule has 3 rings (SSSR count). The molecule has 3 aromatic rings. The van der Waals surface area contributed by atoms with Crippen LogP contribution in [0.2, 0.25) is 0 Å². The second-order valence-corrected chi connectivity index (χ2v) is 6.23. The Bertz CT molecular complexity index is 1020. The first-order valence-electron chi connectivity index (χ1n) is 8.62. The lowest BCUT2D eigenvalue weighted by molar-refractivity contribution is -0.384. The molecule has 0 unspecified atom stereocenters. The highest BCUT2D eigenvalue weighted by Crippen LogP contribution is 2.16. The number of rotatable bonds is 6. The number of hydrogen-bond donors (Lipinski definition) is 1. The number of non-ortho nitro benzene ring substituents is 1. The second kappa shape index (κ2) is 8.26. The van der Waals surface area contributed by atoms with E-state index in [-0.39, 0.29) is 18.0 Å². The molecular formula is C20H19N5O3. The van der Waals surface area contributed by atoms with E-state index in [1.165, 1.54) is 12.1 Å². The average molecular weight is 377 g/mol. The maximum atomic E-state index is 12.0. The zero-order chi connectivity index (χ0) is 20.1. The van der Waals surface area contributed by atoms with Crippen molar-refractivity contribution in [2.24, 2.45) is 5.10 Å². The quantitative estimate of drug-likeness (QED) is 0.405. The Kier molecular flexibility index (Phi) is 5.59. The fourth-order valence-corrected chi connectivity index (χ4v) is 2.79. The fourth-order valence-electron chi connectivity index (χ4n) is 2.79. The van der Waals surface area contributed by atoms with Gasteiger partial charge in [-0.2, -0.15) is 10.2 Å². The molecular weight excluding hydrogens is 358 g/mol. The molecule has 0 radical (unpaired) electrons. The van der Waals surface area contributed by atoms with Crippen molar-refractivity contribution in [2.75, 3.05) is 0 Å². The predicted molar refractivity (Wildman–Crippen MR) is 106 cm³/mol. The molecule has 0 fully saturated rings. The Morgan fingerprint density at radius 2 is 1.86 bits per heavy atom. The summed E-state index contributed by atoms with van der Waals surface area (Å²) in [5.74, 6) is -0.309. The van der Waals surface area contributed by atoms with E-state index in [1.807, 2.05) is 48.9 Å². The molecule has 0 spiro atoms. The smallest absolute Gasteiger partial charge is 0.269 e. The highest BCUT2D eigenvalue weighted by atomic mass is 16.6. The Morgan fingerprint density at radius 3 is 2.50 bits per heavy atom. The van der Waals surface area contributed by atoms with Crippen LogP contribution in [-0.4, -0.2) is 26.8 Å². The van der Waals surface area contributed by atoms with Crippen LogP contribution in [0.15, 0.2) is 59.7 Å². The number of nitro benzene ring substituents is 1. The van der Waals surface area contributed by atoms with Gasteiger partial charge in [-0.15, -0.1) is 0 Å². The molecule has 28 heavy (non-hydrogen) atoms. The predicted octanol–water partition coefficient (Wildman–Crippen LogP) is 3.09. The van der Waals surface area contributed by atoms with Crippen LogP contribution in [0.25, 0.3) is 5.69 Å². The van der Waals surface area contributed by atoms with Crippen LogP contribution < -0.4 is 5.43 Å². The van der Waals surface area contributed by atoms with E-state index in [2.05, 4.69) is 15.6 Å². The van der Waals surface area contributed by atoms with Crippen molar-refractivity contribution in [2.45, 2.75) is 20.3 Å². The number of nitrogens with one attached hydrogen (secondary N) is 1. The highest BCUT2D eigenvalue weighted by Gasteiger charge is 2.11. The maximum Gasteiger partial charge on any atom is 0.269 e. The third-order valence-corrected chi connectivity index (χ3v) is 4.24. The summed E-state index contributed by atoms with van der Waals surface area (Å²) in [6, 6.07) is 15.6. The summed E-state index contributed by atoms with van der Waals surface area (Å²) in [7, 11) is 0. The Balaban J connectivity index is 1.65. The number of aromatic nitrogens is 2. The first-order valence-corrected chi connectivity index (χ1v) is 8.62. The summed E-state index contributed by atoms with van der Waals surface area (Å²) in [5.41, 5.74) is 6.64. The van der Waals surface area contributed by atoms with Gasteiger partial charge in [0.2, 0.25) is 5.91 Å². The number of para-hydroxylation sites is 1. The lowest BCUT2D eigenvalue weighted by atomic mass is 10.1. The molecule has 2 aromatic carbocycles. The van der Waals surface area contributed by atoms with E-state index in [9.17, 15) is 14.9 Å². The van der Waals surface area contributed by atoms with Gasteiger partial charge >= 0.3 is 0 Å². The summed E-state index contributed by atoms with van der Waals surface area (Å²) in [6.07, 6.45) is 1.65. The number of aryl methyl sites for hydroxylation is 1. The number of benzene rings is 2. The second-order valence-electron chi connectivity index (χ2n) is 6.23. The standard InChI is InChI=1S/C20H19N5O3/c1-14-19(15(2)24(23-14)17-6-4-3-5-7-17)13-21-22-20(26)12-16-8-10-18(11-9-16)25(27)28/h3-11,13H,12H2,1-2H3,(H,22,26)/b21-13-. The molecule has 1 N–H and O–H groups in total. The van der Waals surface area contributed by atoms with E-state index in [0.717, 1.165) is 22.6 Å². The molecule has 142 valence electrons. The largest absolute Gasteiger partial charge is 0.273 e.